The van der Waals surface area contributed by atoms with Crippen molar-refractivity contribution >= 4 is 16.1 Å². The number of aldehydes is 1. The van der Waals surface area contributed by atoms with Crippen molar-refractivity contribution in [1.82, 2.24) is 0 Å². The molecule has 5 heteroatoms. The van der Waals surface area contributed by atoms with E-state index in [0.29, 0.717) is 12.8 Å². The van der Waals surface area contributed by atoms with Crippen LogP contribution in [0.4, 0.5) is 4.39 Å². The fraction of sp³-hybridized carbons (Fsp3) is 0.857. The Morgan fingerprint density at radius 1 is 1.50 bits per heavy atom. The van der Waals surface area contributed by atoms with E-state index in [4.69, 9.17) is 0 Å². The molecule has 12 heavy (non-hydrogen) atoms. The lowest BCUT2D eigenvalue weighted by atomic mass is 10.0. The normalized spacial score (nSPS) is 30.9. The monoisotopic (exact) mass is 194 g/mol. The molecule has 0 aromatic heterocycles. The van der Waals surface area contributed by atoms with Gasteiger partial charge in [0, 0.05) is 5.92 Å². The van der Waals surface area contributed by atoms with Crippen LogP contribution in [-0.2, 0) is 14.6 Å². The minimum absolute atomic E-state index is 0.134. The van der Waals surface area contributed by atoms with Gasteiger partial charge in [-0.3, -0.25) is 0 Å². The molecule has 0 N–H and O–H groups in total. The molecule has 1 fully saturated rings. The molecular weight excluding hydrogens is 183 g/mol. The van der Waals surface area contributed by atoms with E-state index in [1.165, 1.54) is 0 Å². The van der Waals surface area contributed by atoms with Crippen molar-refractivity contribution in [2.45, 2.75) is 19.0 Å². The van der Waals surface area contributed by atoms with Gasteiger partial charge in [-0.25, -0.2) is 12.8 Å². The van der Waals surface area contributed by atoms with Gasteiger partial charge >= 0.3 is 0 Å². The second kappa shape index (κ2) is 3.51. The number of alkyl halides is 1. The van der Waals surface area contributed by atoms with Crippen LogP contribution in [0, 0.1) is 5.92 Å². The van der Waals surface area contributed by atoms with Gasteiger partial charge in [0.25, 0.3) is 0 Å². The van der Waals surface area contributed by atoms with Crippen LogP contribution in [0.1, 0.15) is 12.8 Å². The number of sulfone groups is 1. The van der Waals surface area contributed by atoms with E-state index in [9.17, 15) is 17.6 Å². The first kappa shape index (κ1) is 9.64. The van der Waals surface area contributed by atoms with Crippen molar-refractivity contribution in [2.75, 3.05) is 11.5 Å². The standard InChI is InChI=1S/C7H11FO3S/c8-7(4-9)6-2-1-3-12(10,11)5-6/h4,6-7H,1-3,5H2. The van der Waals surface area contributed by atoms with Gasteiger partial charge in [0.15, 0.2) is 22.3 Å². The highest BCUT2D eigenvalue weighted by Crippen LogP contribution is 2.22. The Balaban J connectivity index is 2.64. The summed E-state index contributed by atoms with van der Waals surface area (Å²) in [5, 5.41) is 0. The summed E-state index contributed by atoms with van der Waals surface area (Å²) >= 11 is 0. The van der Waals surface area contributed by atoms with E-state index in [2.05, 4.69) is 0 Å². The maximum absolute atomic E-state index is 12.7. The third kappa shape index (κ3) is 2.27. The minimum Gasteiger partial charge on any atom is -0.300 e. The molecule has 0 aromatic carbocycles. The van der Waals surface area contributed by atoms with Crippen molar-refractivity contribution in [3.05, 3.63) is 0 Å². The van der Waals surface area contributed by atoms with Gasteiger partial charge in [0.2, 0.25) is 0 Å². The fourth-order valence-electron chi connectivity index (χ4n) is 1.42. The number of carbonyl (C=O) groups excluding carboxylic acids is 1. The SMILES string of the molecule is O=CC(F)C1CCCS(=O)(=O)C1. The highest BCUT2D eigenvalue weighted by molar-refractivity contribution is 7.91. The Morgan fingerprint density at radius 2 is 2.17 bits per heavy atom. The lowest BCUT2D eigenvalue weighted by Gasteiger charge is -2.21. The van der Waals surface area contributed by atoms with Gasteiger partial charge in [-0.05, 0) is 12.8 Å². The first-order valence-electron chi connectivity index (χ1n) is 3.85. The van der Waals surface area contributed by atoms with E-state index in [1.54, 1.807) is 0 Å². The summed E-state index contributed by atoms with van der Waals surface area (Å²) in [4.78, 5) is 10.0. The van der Waals surface area contributed by atoms with Crippen LogP contribution in [0.15, 0.2) is 0 Å². The highest BCUT2D eigenvalue weighted by Gasteiger charge is 2.30. The molecule has 1 saturated heterocycles. The largest absolute Gasteiger partial charge is 0.300 e. The molecule has 0 radical (unpaired) electrons. The van der Waals surface area contributed by atoms with Gasteiger partial charge in [-0.15, -0.1) is 0 Å². The zero-order chi connectivity index (χ0) is 9.19. The Bertz CT molecular complexity index is 260. The summed E-state index contributed by atoms with van der Waals surface area (Å²) in [7, 11) is -3.09. The summed E-state index contributed by atoms with van der Waals surface area (Å²) in [6.07, 6.45) is -0.452. The molecule has 0 bridgehead atoms. The zero-order valence-corrected chi connectivity index (χ0v) is 7.39. The maximum atomic E-state index is 12.7. The van der Waals surface area contributed by atoms with Gasteiger partial charge in [-0.1, -0.05) is 0 Å². The lowest BCUT2D eigenvalue weighted by Crippen LogP contribution is -2.31. The summed E-state index contributed by atoms with van der Waals surface area (Å²) in [6.45, 7) is 0. The van der Waals surface area contributed by atoms with Crippen LogP contribution in [0.25, 0.3) is 0 Å². The zero-order valence-electron chi connectivity index (χ0n) is 6.57. The molecule has 0 aliphatic carbocycles. The quantitative estimate of drug-likeness (QED) is 0.596. The second-order valence-corrected chi connectivity index (χ2v) is 5.33. The lowest BCUT2D eigenvalue weighted by molar-refractivity contribution is -0.113. The smallest absolute Gasteiger partial charge is 0.159 e. The molecule has 0 spiro atoms. The first-order chi connectivity index (χ1) is 5.55. The molecule has 0 saturated carbocycles. The number of halogens is 1. The molecule has 1 rings (SSSR count). The van der Waals surface area contributed by atoms with Gasteiger partial charge in [0.1, 0.15) is 0 Å². The van der Waals surface area contributed by atoms with Gasteiger partial charge < -0.3 is 4.79 Å². The minimum atomic E-state index is -3.09. The molecule has 1 aliphatic rings. The molecule has 3 nitrogen and oxygen atoms in total. The molecule has 70 valence electrons. The van der Waals surface area contributed by atoms with Crippen molar-refractivity contribution in [1.29, 1.82) is 0 Å². The summed E-state index contributed by atoms with van der Waals surface area (Å²) < 4.78 is 34.7. The number of hydrogen-bond acceptors (Lipinski definition) is 3. The molecule has 2 unspecified atom stereocenters. The molecule has 0 amide bonds. The predicted molar refractivity (Wildman–Crippen MR) is 42.3 cm³/mol. The summed E-state index contributed by atoms with van der Waals surface area (Å²) in [6, 6.07) is 0. The summed E-state index contributed by atoms with van der Waals surface area (Å²) in [5.41, 5.74) is 0. The van der Waals surface area contributed by atoms with Crippen LogP contribution >= 0.6 is 0 Å². The Hall–Kier alpha value is -0.450. The molecule has 2 atom stereocenters. The predicted octanol–water partition coefficient (Wildman–Crippen LogP) is 0.348. The molecular formula is C7H11FO3S. The fourth-order valence-corrected chi connectivity index (χ4v) is 3.20. The number of rotatable bonds is 2. The number of carbonyl (C=O) groups is 1. The highest BCUT2D eigenvalue weighted by atomic mass is 32.2. The average Bonchev–Trinajstić information content (AvgIpc) is 2.01. The van der Waals surface area contributed by atoms with E-state index >= 15 is 0 Å². The average molecular weight is 194 g/mol. The van der Waals surface area contributed by atoms with Crippen molar-refractivity contribution < 1.29 is 17.6 Å². The molecule has 0 aromatic rings. The Labute approximate surface area is 70.9 Å². The van der Waals surface area contributed by atoms with Gasteiger partial charge in [0.05, 0.1) is 11.5 Å². The van der Waals surface area contributed by atoms with Crippen molar-refractivity contribution in [3.8, 4) is 0 Å². The van der Waals surface area contributed by atoms with E-state index < -0.39 is 21.9 Å². The Morgan fingerprint density at radius 3 is 2.67 bits per heavy atom. The number of hydrogen-bond donors (Lipinski definition) is 0. The van der Waals surface area contributed by atoms with E-state index in [-0.39, 0.29) is 17.8 Å². The van der Waals surface area contributed by atoms with Gasteiger partial charge in [-0.2, -0.15) is 0 Å². The van der Waals surface area contributed by atoms with Crippen molar-refractivity contribution in [2.24, 2.45) is 5.92 Å². The first-order valence-corrected chi connectivity index (χ1v) is 5.67. The van der Waals surface area contributed by atoms with Crippen LogP contribution in [0.3, 0.4) is 0 Å². The third-order valence-corrected chi connectivity index (χ3v) is 3.93. The van der Waals surface area contributed by atoms with E-state index in [1.807, 2.05) is 0 Å². The molecule has 1 aliphatic heterocycles. The topological polar surface area (TPSA) is 51.2 Å². The van der Waals surface area contributed by atoms with Crippen LogP contribution in [0.2, 0.25) is 0 Å². The Kier molecular flexibility index (Phi) is 2.82. The van der Waals surface area contributed by atoms with E-state index in [0.717, 1.165) is 0 Å². The van der Waals surface area contributed by atoms with Crippen LogP contribution in [-0.4, -0.2) is 32.4 Å². The molecule has 1 heterocycles. The van der Waals surface area contributed by atoms with Crippen LogP contribution in [0.5, 0.6) is 0 Å². The maximum Gasteiger partial charge on any atom is 0.159 e. The van der Waals surface area contributed by atoms with Crippen molar-refractivity contribution in [3.63, 3.8) is 0 Å². The third-order valence-electron chi connectivity index (χ3n) is 2.08. The van der Waals surface area contributed by atoms with Crippen LogP contribution < -0.4 is 0 Å². The second-order valence-electron chi connectivity index (χ2n) is 3.10. The summed E-state index contributed by atoms with van der Waals surface area (Å²) in [5.74, 6) is -0.650.